The van der Waals surface area contributed by atoms with Crippen molar-refractivity contribution < 1.29 is 37.3 Å². The van der Waals surface area contributed by atoms with Crippen molar-refractivity contribution in [2.75, 3.05) is 40.9 Å². The van der Waals surface area contributed by atoms with Gasteiger partial charge in [0.15, 0.2) is 0 Å². The second kappa shape index (κ2) is 51.4. The van der Waals surface area contributed by atoms with Gasteiger partial charge in [0.1, 0.15) is 19.3 Å². The second-order valence-corrected chi connectivity index (χ2v) is 21.8. The van der Waals surface area contributed by atoms with Gasteiger partial charge in [-0.1, -0.05) is 221 Å². The highest BCUT2D eigenvalue weighted by atomic mass is 31.2. The highest BCUT2D eigenvalue weighted by Gasteiger charge is 2.27. The molecule has 0 saturated carbocycles. The number of carbonyl (C=O) groups excluding carboxylic acids is 2. The lowest BCUT2D eigenvalue weighted by molar-refractivity contribution is -0.870. The van der Waals surface area contributed by atoms with Crippen molar-refractivity contribution in [3.8, 4) is 0 Å². The van der Waals surface area contributed by atoms with Gasteiger partial charge in [0.2, 0.25) is 5.91 Å². The summed E-state index contributed by atoms with van der Waals surface area (Å²) in [6.07, 6.45) is 68.2. The number of phosphoric ester groups is 1. The van der Waals surface area contributed by atoms with Crippen LogP contribution in [0.3, 0.4) is 0 Å². The average Bonchev–Trinajstić information content (AvgIpc) is 3.34. The number of unbranched alkanes of at least 4 members (excludes halogenated alkanes) is 21. The van der Waals surface area contributed by atoms with Crippen molar-refractivity contribution in [3.63, 3.8) is 0 Å². The van der Waals surface area contributed by atoms with Crippen molar-refractivity contribution in [2.24, 2.45) is 0 Å². The smallest absolute Gasteiger partial charge is 0.306 e. The van der Waals surface area contributed by atoms with Crippen molar-refractivity contribution in [2.45, 2.75) is 245 Å². The van der Waals surface area contributed by atoms with E-state index in [-0.39, 0.29) is 25.4 Å². The van der Waals surface area contributed by atoms with Gasteiger partial charge in [-0.2, -0.15) is 0 Å². The van der Waals surface area contributed by atoms with Crippen LogP contribution >= 0.6 is 7.82 Å². The number of phosphoric acid groups is 1. The molecule has 0 saturated heterocycles. The molecule has 0 rings (SSSR count). The molecule has 3 atom stereocenters. The zero-order valence-corrected chi connectivity index (χ0v) is 48.0. The molecular formula is C62H109N2O7P. The summed E-state index contributed by atoms with van der Waals surface area (Å²) in [5.74, 6) is -0.647. The molecule has 0 aromatic carbocycles. The minimum Gasteiger partial charge on any atom is -0.756 e. The maximum absolute atomic E-state index is 13.5. The van der Waals surface area contributed by atoms with Crippen LogP contribution in [0.5, 0.6) is 0 Å². The fourth-order valence-electron chi connectivity index (χ4n) is 7.78. The molecule has 0 bridgehead atoms. The van der Waals surface area contributed by atoms with Gasteiger partial charge in [0, 0.05) is 12.8 Å². The number of ether oxygens (including phenoxy) is 1. The Morgan fingerprint density at radius 2 is 0.903 bits per heavy atom. The molecule has 0 aliphatic heterocycles. The third kappa shape index (κ3) is 51.8. The van der Waals surface area contributed by atoms with Crippen LogP contribution in [0, 0.1) is 0 Å². The van der Waals surface area contributed by atoms with Gasteiger partial charge in [-0.05, 0) is 96.0 Å². The van der Waals surface area contributed by atoms with Gasteiger partial charge in [0.25, 0.3) is 7.82 Å². The largest absolute Gasteiger partial charge is 0.756 e. The maximum Gasteiger partial charge on any atom is 0.306 e. The molecule has 414 valence electrons. The van der Waals surface area contributed by atoms with Gasteiger partial charge >= 0.3 is 5.97 Å². The number of rotatable bonds is 51. The van der Waals surface area contributed by atoms with Crippen LogP contribution in [0.2, 0.25) is 0 Å². The number of hydrogen-bond donors (Lipinski definition) is 1. The first kappa shape index (κ1) is 68.9. The molecule has 9 nitrogen and oxygen atoms in total. The number of quaternary nitrogens is 1. The SMILES string of the molecule is CC/C=C\C/C=C\C/C=C\C/C=C\C/C=C\CCCCCCCC(=O)NC(COP(=O)([O-])OCC[N+](C)(C)C)C(/C=C\CCCCCCCCCCCC)OC(=O)CC/C=C/C/C=C\CCCCCCCC. The zero-order valence-electron chi connectivity index (χ0n) is 47.1. The Morgan fingerprint density at radius 1 is 0.500 bits per heavy atom. The predicted octanol–water partition coefficient (Wildman–Crippen LogP) is 17.0. The Morgan fingerprint density at radius 3 is 1.36 bits per heavy atom. The van der Waals surface area contributed by atoms with E-state index in [9.17, 15) is 19.0 Å². The molecule has 3 unspecified atom stereocenters. The number of nitrogens with zero attached hydrogens (tertiary/aromatic N) is 1. The number of carbonyl (C=O) groups is 2. The van der Waals surface area contributed by atoms with E-state index in [1.165, 1.54) is 89.9 Å². The summed E-state index contributed by atoms with van der Waals surface area (Å²) in [7, 11) is 1.13. The predicted molar refractivity (Wildman–Crippen MR) is 307 cm³/mol. The number of nitrogens with one attached hydrogen (secondary N) is 1. The van der Waals surface area contributed by atoms with Crippen LogP contribution in [0.4, 0.5) is 0 Å². The summed E-state index contributed by atoms with van der Waals surface area (Å²) in [5, 5.41) is 2.99. The maximum atomic E-state index is 13.5. The summed E-state index contributed by atoms with van der Waals surface area (Å²) < 4.78 is 30.1. The van der Waals surface area contributed by atoms with E-state index < -0.39 is 32.5 Å². The highest BCUT2D eigenvalue weighted by molar-refractivity contribution is 7.45. The topological polar surface area (TPSA) is 114 Å². The lowest BCUT2D eigenvalue weighted by Gasteiger charge is -2.30. The molecule has 0 aliphatic carbocycles. The Bertz CT molecular complexity index is 1560. The van der Waals surface area contributed by atoms with Crippen LogP contribution in [-0.4, -0.2) is 69.4 Å². The van der Waals surface area contributed by atoms with Crippen LogP contribution in [0.1, 0.15) is 233 Å². The van der Waals surface area contributed by atoms with Gasteiger partial charge < -0.3 is 28.5 Å². The Balaban J connectivity index is 5.39. The van der Waals surface area contributed by atoms with Crippen molar-refractivity contribution in [1.29, 1.82) is 0 Å². The minimum atomic E-state index is -4.72. The zero-order chi connectivity index (χ0) is 52.9. The lowest BCUT2D eigenvalue weighted by atomic mass is 10.0. The van der Waals surface area contributed by atoms with Crippen LogP contribution in [-0.2, 0) is 27.9 Å². The second-order valence-electron chi connectivity index (χ2n) is 20.4. The van der Waals surface area contributed by atoms with E-state index in [1.807, 2.05) is 33.3 Å². The molecule has 1 N–H and O–H groups in total. The molecule has 0 spiro atoms. The third-order valence-corrected chi connectivity index (χ3v) is 13.2. The first-order chi connectivity index (χ1) is 34.9. The minimum absolute atomic E-state index is 0.0385. The van der Waals surface area contributed by atoms with E-state index in [4.69, 9.17) is 13.8 Å². The Hall–Kier alpha value is -3.07. The lowest BCUT2D eigenvalue weighted by Crippen LogP contribution is -2.47. The van der Waals surface area contributed by atoms with Gasteiger partial charge in [-0.3, -0.25) is 14.2 Å². The molecule has 0 fully saturated rings. The van der Waals surface area contributed by atoms with E-state index in [1.54, 1.807) is 6.08 Å². The molecule has 0 radical (unpaired) electrons. The van der Waals surface area contributed by atoms with Crippen molar-refractivity contribution >= 4 is 19.7 Å². The van der Waals surface area contributed by atoms with Crippen molar-refractivity contribution in [1.82, 2.24) is 5.32 Å². The molecular weight excluding hydrogens is 916 g/mol. The van der Waals surface area contributed by atoms with Crippen LogP contribution in [0.25, 0.3) is 0 Å². The van der Waals surface area contributed by atoms with Crippen molar-refractivity contribution in [3.05, 3.63) is 97.2 Å². The fraction of sp³-hybridized carbons (Fsp3) is 0.710. The molecule has 10 heteroatoms. The fourth-order valence-corrected chi connectivity index (χ4v) is 8.50. The summed E-state index contributed by atoms with van der Waals surface area (Å²) in [6.45, 7) is 6.65. The standard InChI is InChI=1S/C62H109N2O7P/c1-7-10-13-16-19-22-25-28-29-30-31-32-33-34-35-37-39-42-45-48-51-54-61(65)63-59(58-70-72(67,68)69-57-56-64(4,5)6)60(53-50-47-44-41-38-27-24-21-18-15-12-9-3)71-62(66)55-52-49-46-43-40-36-26-23-20-17-14-11-8-2/h10,13,19,22,28-29,31-32,34-36,40,46,49-50,53,59-60H,7-9,11-12,14-18,20-21,23-27,30,33,37-39,41-45,47-48,51-52,54-58H2,1-6H3,(H-,63,65,67,68)/b13-10-,22-19-,29-28-,32-31-,35-34-,40-36-,49-46+,53-50-. The number of allylic oxidation sites excluding steroid dienone is 15. The van der Waals surface area contributed by atoms with Crippen LogP contribution in [0.15, 0.2) is 97.2 Å². The number of amides is 1. The summed E-state index contributed by atoms with van der Waals surface area (Å²) in [6, 6.07) is -0.925. The molecule has 0 aromatic heterocycles. The molecule has 1 amide bonds. The first-order valence-corrected chi connectivity index (χ1v) is 30.5. The van der Waals surface area contributed by atoms with E-state index >= 15 is 0 Å². The molecule has 72 heavy (non-hydrogen) atoms. The van der Waals surface area contributed by atoms with Gasteiger partial charge in [-0.25, -0.2) is 0 Å². The van der Waals surface area contributed by atoms with E-state index in [2.05, 4.69) is 105 Å². The summed E-state index contributed by atoms with van der Waals surface area (Å²) >= 11 is 0. The monoisotopic (exact) mass is 1020 g/mol. The Labute approximate surface area is 443 Å². The number of esters is 1. The van der Waals surface area contributed by atoms with Gasteiger partial charge in [0.05, 0.1) is 33.8 Å². The number of likely N-dealkylation sites (N-methyl/N-ethyl adjacent to an activating group) is 1. The summed E-state index contributed by atoms with van der Waals surface area (Å²) in [5.41, 5.74) is 0. The quantitative estimate of drug-likeness (QED) is 0.0212. The Kier molecular flexibility index (Phi) is 49.2. The number of hydrogen-bond acceptors (Lipinski definition) is 7. The van der Waals surface area contributed by atoms with Gasteiger partial charge in [-0.15, -0.1) is 0 Å². The average molecular weight is 1030 g/mol. The van der Waals surface area contributed by atoms with Crippen LogP contribution < -0.4 is 10.2 Å². The first-order valence-electron chi connectivity index (χ1n) is 29.0. The molecule has 0 aliphatic rings. The third-order valence-electron chi connectivity index (χ3n) is 12.3. The van der Waals surface area contributed by atoms with E-state index in [0.29, 0.717) is 23.9 Å². The normalized spacial score (nSPS) is 14.5. The highest BCUT2D eigenvalue weighted by Crippen LogP contribution is 2.38. The van der Waals surface area contributed by atoms with E-state index in [0.717, 1.165) is 96.3 Å². The molecule has 0 heterocycles. The summed E-state index contributed by atoms with van der Waals surface area (Å²) in [4.78, 5) is 39.8. The molecule has 0 aromatic rings.